The summed E-state index contributed by atoms with van der Waals surface area (Å²) >= 11 is 7.11. The van der Waals surface area contributed by atoms with Gasteiger partial charge in [0.15, 0.2) is 0 Å². The number of thiocarbonyl (C=S) groups is 1. The van der Waals surface area contributed by atoms with Gasteiger partial charge in [0.2, 0.25) is 0 Å². The molecule has 0 unspecified atom stereocenters. The topological polar surface area (TPSA) is 0 Å². The molecule has 82 valence electrons. The number of hydrogen-bond acceptors (Lipinski definition) is 2. The SMILES string of the molecule is CSCC(=S)c1ccc(C(C)(C)C)cc1. The van der Waals surface area contributed by atoms with Crippen molar-refractivity contribution < 1.29 is 0 Å². The maximum atomic E-state index is 5.34. The lowest BCUT2D eigenvalue weighted by molar-refractivity contribution is 0.590. The first-order valence-electron chi connectivity index (χ1n) is 5.08. The fourth-order valence-corrected chi connectivity index (χ4v) is 2.29. The maximum Gasteiger partial charge on any atom is 0.0323 e. The molecule has 0 saturated carbocycles. The molecule has 0 radical (unpaired) electrons. The highest BCUT2D eigenvalue weighted by molar-refractivity contribution is 8.00. The zero-order chi connectivity index (χ0) is 11.5. The summed E-state index contributed by atoms with van der Waals surface area (Å²) in [4.78, 5) is 1.04. The van der Waals surface area contributed by atoms with Crippen molar-refractivity contribution in [2.24, 2.45) is 0 Å². The molecule has 2 heteroatoms. The van der Waals surface area contributed by atoms with E-state index >= 15 is 0 Å². The van der Waals surface area contributed by atoms with Crippen molar-refractivity contribution in [2.75, 3.05) is 12.0 Å². The molecule has 0 aliphatic rings. The maximum absolute atomic E-state index is 5.34. The molecular weight excluding hydrogens is 220 g/mol. The Balaban J connectivity index is 2.86. The summed E-state index contributed by atoms with van der Waals surface area (Å²) in [7, 11) is 0. The van der Waals surface area contributed by atoms with Crippen molar-refractivity contribution in [2.45, 2.75) is 26.2 Å². The minimum Gasteiger partial charge on any atom is -0.160 e. The Labute approximate surface area is 102 Å². The fraction of sp³-hybridized carbons (Fsp3) is 0.462. The zero-order valence-corrected chi connectivity index (χ0v) is 11.5. The molecule has 0 atom stereocenters. The van der Waals surface area contributed by atoms with E-state index in [1.165, 1.54) is 11.1 Å². The van der Waals surface area contributed by atoms with E-state index in [0.29, 0.717) is 0 Å². The summed E-state index contributed by atoms with van der Waals surface area (Å²) in [6, 6.07) is 8.64. The first-order valence-corrected chi connectivity index (χ1v) is 6.88. The molecule has 0 aliphatic heterocycles. The van der Waals surface area contributed by atoms with E-state index in [9.17, 15) is 0 Å². The van der Waals surface area contributed by atoms with Crippen LogP contribution in [0.3, 0.4) is 0 Å². The minimum absolute atomic E-state index is 0.222. The van der Waals surface area contributed by atoms with Gasteiger partial charge in [-0.05, 0) is 22.8 Å². The summed E-state index contributed by atoms with van der Waals surface area (Å²) < 4.78 is 0. The van der Waals surface area contributed by atoms with Gasteiger partial charge in [-0.2, -0.15) is 11.8 Å². The van der Waals surface area contributed by atoms with Gasteiger partial charge in [-0.3, -0.25) is 0 Å². The Kier molecular flexibility index (Phi) is 4.35. The predicted octanol–water partition coefficient (Wildman–Crippen LogP) is 4.07. The molecule has 0 saturated heterocycles. The van der Waals surface area contributed by atoms with Gasteiger partial charge < -0.3 is 0 Å². The van der Waals surface area contributed by atoms with E-state index < -0.39 is 0 Å². The third-order valence-electron chi connectivity index (χ3n) is 2.35. The zero-order valence-electron chi connectivity index (χ0n) is 9.83. The summed E-state index contributed by atoms with van der Waals surface area (Å²) in [6.45, 7) is 6.67. The first kappa shape index (κ1) is 12.7. The largest absolute Gasteiger partial charge is 0.160 e. The Morgan fingerprint density at radius 2 is 1.73 bits per heavy atom. The van der Waals surface area contributed by atoms with E-state index in [1.807, 2.05) is 0 Å². The second kappa shape index (κ2) is 5.13. The predicted molar refractivity (Wildman–Crippen MR) is 75.2 cm³/mol. The third-order valence-corrected chi connectivity index (χ3v) is 3.49. The number of benzene rings is 1. The van der Waals surface area contributed by atoms with Crippen LogP contribution in [0.4, 0.5) is 0 Å². The van der Waals surface area contributed by atoms with Crippen LogP contribution in [0.25, 0.3) is 0 Å². The van der Waals surface area contributed by atoms with Crippen LogP contribution < -0.4 is 0 Å². The van der Waals surface area contributed by atoms with Crippen molar-refractivity contribution in [1.82, 2.24) is 0 Å². The molecule has 0 aromatic heterocycles. The molecule has 0 aliphatic carbocycles. The Hall–Kier alpha value is -0.340. The highest BCUT2D eigenvalue weighted by Gasteiger charge is 2.13. The van der Waals surface area contributed by atoms with Crippen molar-refractivity contribution in [1.29, 1.82) is 0 Å². The Bertz CT molecular complexity index is 331. The van der Waals surface area contributed by atoms with Crippen molar-refractivity contribution in [3.63, 3.8) is 0 Å². The standard InChI is InChI=1S/C13H18S2/c1-13(2,3)11-7-5-10(6-8-11)12(14)9-15-4/h5-8H,9H2,1-4H3. The average Bonchev–Trinajstić information content (AvgIpc) is 2.17. The smallest absolute Gasteiger partial charge is 0.0323 e. The quantitative estimate of drug-likeness (QED) is 0.575. The summed E-state index contributed by atoms with van der Waals surface area (Å²) in [6.07, 6.45) is 2.08. The van der Waals surface area contributed by atoms with E-state index in [-0.39, 0.29) is 5.41 Å². The lowest BCUT2D eigenvalue weighted by Crippen LogP contribution is -2.11. The van der Waals surface area contributed by atoms with Crippen LogP contribution in [-0.4, -0.2) is 16.9 Å². The second-order valence-electron chi connectivity index (χ2n) is 4.68. The van der Waals surface area contributed by atoms with Gasteiger partial charge in [0, 0.05) is 10.6 Å². The summed E-state index contributed by atoms with van der Waals surface area (Å²) in [5.74, 6) is 0.935. The van der Waals surface area contributed by atoms with E-state index in [1.54, 1.807) is 11.8 Å². The van der Waals surface area contributed by atoms with Gasteiger partial charge in [0.25, 0.3) is 0 Å². The van der Waals surface area contributed by atoms with E-state index in [2.05, 4.69) is 51.3 Å². The molecular formula is C13H18S2. The average molecular weight is 238 g/mol. The molecule has 15 heavy (non-hydrogen) atoms. The number of hydrogen-bond donors (Lipinski definition) is 0. The van der Waals surface area contributed by atoms with Crippen LogP contribution in [-0.2, 0) is 5.41 Å². The van der Waals surface area contributed by atoms with Crippen LogP contribution in [0.5, 0.6) is 0 Å². The van der Waals surface area contributed by atoms with Crippen LogP contribution in [0.1, 0.15) is 31.9 Å². The molecule has 0 N–H and O–H groups in total. The molecule has 0 heterocycles. The van der Waals surface area contributed by atoms with E-state index in [0.717, 1.165) is 10.6 Å². The molecule has 1 aromatic carbocycles. The summed E-state index contributed by atoms with van der Waals surface area (Å²) in [5, 5.41) is 0. The molecule has 0 spiro atoms. The van der Waals surface area contributed by atoms with Crippen molar-refractivity contribution in [3.05, 3.63) is 35.4 Å². The molecule has 0 bridgehead atoms. The van der Waals surface area contributed by atoms with Gasteiger partial charge >= 0.3 is 0 Å². The van der Waals surface area contributed by atoms with Crippen LogP contribution in [0.15, 0.2) is 24.3 Å². The minimum atomic E-state index is 0.222. The van der Waals surface area contributed by atoms with Gasteiger partial charge in [0.1, 0.15) is 0 Å². The Morgan fingerprint density at radius 3 is 2.13 bits per heavy atom. The van der Waals surface area contributed by atoms with Gasteiger partial charge in [0.05, 0.1) is 0 Å². The fourth-order valence-electron chi connectivity index (χ4n) is 1.37. The molecule has 0 amide bonds. The van der Waals surface area contributed by atoms with Gasteiger partial charge in [-0.1, -0.05) is 57.3 Å². The Morgan fingerprint density at radius 1 is 1.20 bits per heavy atom. The number of thioether (sulfide) groups is 1. The third kappa shape index (κ3) is 3.62. The highest BCUT2D eigenvalue weighted by atomic mass is 32.2. The second-order valence-corrected chi connectivity index (χ2v) is 6.04. The highest BCUT2D eigenvalue weighted by Crippen LogP contribution is 2.22. The first-order chi connectivity index (χ1) is 6.95. The lowest BCUT2D eigenvalue weighted by Gasteiger charge is -2.19. The van der Waals surface area contributed by atoms with Gasteiger partial charge in [-0.25, -0.2) is 0 Å². The lowest BCUT2D eigenvalue weighted by atomic mass is 9.86. The van der Waals surface area contributed by atoms with Crippen LogP contribution in [0, 0.1) is 0 Å². The monoisotopic (exact) mass is 238 g/mol. The van der Waals surface area contributed by atoms with Gasteiger partial charge in [-0.15, -0.1) is 0 Å². The normalized spacial score (nSPS) is 11.5. The molecule has 0 nitrogen and oxygen atoms in total. The molecule has 1 aromatic rings. The molecule has 1 rings (SSSR count). The van der Waals surface area contributed by atoms with Crippen LogP contribution in [0.2, 0.25) is 0 Å². The van der Waals surface area contributed by atoms with Crippen molar-refractivity contribution >= 4 is 28.8 Å². The summed E-state index contributed by atoms with van der Waals surface area (Å²) in [5.41, 5.74) is 2.77. The van der Waals surface area contributed by atoms with Crippen molar-refractivity contribution in [3.8, 4) is 0 Å². The number of rotatable bonds is 3. The molecule has 0 fully saturated rings. The van der Waals surface area contributed by atoms with E-state index in [4.69, 9.17) is 12.2 Å². The van der Waals surface area contributed by atoms with Crippen LogP contribution >= 0.6 is 24.0 Å².